The Labute approximate surface area is 115 Å². The number of rotatable bonds is 5. The zero-order chi connectivity index (χ0) is 14.6. The molecule has 1 amide bonds. The molecule has 3 nitrogen and oxygen atoms in total. The maximum atomic E-state index is 13.9. The van der Waals surface area contributed by atoms with Gasteiger partial charge in [0.25, 0.3) is 5.91 Å². The summed E-state index contributed by atoms with van der Waals surface area (Å²) in [6.45, 7) is 7.03. The number of nitrogens with zero attached hydrogens (tertiary/aromatic N) is 2. The van der Waals surface area contributed by atoms with Crippen molar-refractivity contribution >= 4 is 5.91 Å². The summed E-state index contributed by atoms with van der Waals surface area (Å²) in [6, 6.07) is 4.78. The Bertz CT molecular complexity index is 446. The predicted octanol–water partition coefficient (Wildman–Crippen LogP) is 2.55. The summed E-state index contributed by atoms with van der Waals surface area (Å²) in [4.78, 5) is 16.1. The van der Waals surface area contributed by atoms with E-state index in [1.807, 2.05) is 39.8 Å². The highest BCUT2D eigenvalue weighted by atomic mass is 19.1. The molecule has 0 saturated carbocycles. The van der Waals surface area contributed by atoms with Gasteiger partial charge in [-0.15, -0.1) is 0 Å². The first-order valence-corrected chi connectivity index (χ1v) is 6.58. The lowest BCUT2D eigenvalue weighted by Gasteiger charge is -2.30. The molecule has 0 radical (unpaired) electrons. The molecule has 0 bridgehead atoms. The van der Waals surface area contributed by atoms with Crippen LogP contribution in [0.15, 0.2) is 18.2 Å². The standard InChI is InChI=1S/C15H23FN2O/c1-6-18(12(3)10-17(4)5)15(19)13-8-7-11(2)9-14(13)16/h7-9,12H,6,10H2,1-5H3. The van der Waals surface area contributed by atoms with E-state index in [0.29, 0.717) is 6.54 Å². The lowest BCUT2D eigenvalue weighted by molar-refractivity contribution is 0.0674. The van der Waals surface area contributed by atoms with Crippen LogP contribution in [-0.4, -0.2) is 48.9 Å². The molecule has 106 valence electrons. The minimum Gasteiger partial charge on any atom is -0.335 e. The molecule has 4 heteroatoms. The first-order chi connectivity index (χ1) is 8.86. The van der Waals surface area contributed by atoms with E-state index in [-0.39, 0.29) is 17.5 Å². The summed E-state index contributed by atoms with van der Waals surface area (Å²) < 4.78 is 13.9. The average Bonchev–Trinajstić information content (AvgIpc) is 2.28. The first kappa shape index (κ1) is 15.6. The van der Waals surface area contributed by atoms with E-state index in [1.165, 1.54) is 6.07 Å². The molecular formula is C15H23FN2O. The second kappa shape index (κ2) is 6.66. The molecule has 0 N–H and O–H groups in total. The largest absolute Gasteiger partial charge is 0.335 e. The van der Waals surface area contributed by atoms with Gasteiger partial charge in [0.2, 0.25) is 0 Å². The van der Waals surface area contributed by atoms with Crippen molar-refractivity contribution in [3.8, 4) is 0 Å². The molecule has 0 heterocycles. The SMILES string of the molecule is CCN(C(=O)c1ccc(C)cc1F)C(C)CN(C)C. The summed E-state index contributed by atoms with van der Waals surface area (Å²) in [7, 11) is 3.92. The van der Waals surface area contributed by atoms with Gasteiger partial charge in [0.15, 0.2) is 0 Å². The van der Waals surface area contributed by atoms with Gasteiger partial charge in [-0.3, -0.25) is 4.79 Å². The van der Waals surface area contributed by atoms with E-state index >= 15 is 0 Å². The number of carbonyl (C=O) groups excluding carboxylic acids is 1. The van der Waals surface area contributed by atoms with E-state index in [9.17, 15) is 9.18 Å². The van der Waals surface area contributed by atoms with Crippen molar-refractivity contribution in [2.45, 2.75) is 26.8 Å². The highest BCUT2D eigenvalue weighted by molar-refractivity contribution is 5.94. The molecule has 0 aromatic heterocycles. The summed E-state index contributed by atoms with van der Waals surface area (Å²) in [6.07, 6.45) is 0. The molecule has 1 aromatic carbocycles. The molecule has 0 fully saturated rings. The molecule has 1 rings (SSSR count). The van der Waals surface area contributed by atoms with E-state index in [0.717, 1.165) is 12.1 Å². The smallest absolute Gasteiger partial charge is 0.257 e. The van der Waals surface area contributed by atoms with Gasteiger partial charge in [0.1, 0.15) is 5.82 Å². The van der Waals surface area contributed by atoms with Gasteiger partial charge >= 0.3 is 0 Å². The molecule has 0 aliphatic heterocycles. The Morgan fingerprint density at radius 1 is 1.37 bits per heavy atom. The van der Waals surface area contributed by atoms with E-state index in [2.05, 4.69) is 0 Å². The van der Waals surface area contributed by atoms with E-state index < -0.39 is 5.82 Å². The number of benzene rings is 1. The first-order valence-electron chi connectivity index (χ1n) is 6.58. The van der Waals surface area contributed by atoms with Crippen molar-refractivity contribution in [1.82, 2.24) is 9.80 Å². The summed E-state index contributed by atoms with van der Waals surface area (Å²) in [5, 5.41) is 0. The normalized spacial score (nSPS) is 12.6. The van der Waals surface area contributed by atoms with Crippen LogP contribution in [0, 0.1) is 12.7 Å². The van der Waals surface area contributed by atoms with Gasteiger partial charge in [0.05, 0.1) is 5.56 Å². The molecule has 0 aliphatic carbocycles. The third kappa shape index (κ3) is 4.03. The maximum Gasteiger partial charge on any atom is 0.257 e. The van der Waals surface area contributed by atoms with Crippen molar-refractivity contribution in [3.63, 3.8) is 0 Å². The van der Waals surface area contributed by atoms with Crippen LogP contribution in [0.1, 0.15) is 29.8 Å². The fourth-order valence-electron chi connectivity index (χ4n) is 2.23. The Morgan fingerprint density at radius 2 is 2.00 bits per heavy atom. The number of hydrogen-bond donors (Lipinski definition) is 0. The van der Waals surface area contributed by atoms with Gasteiger partial charge < -0.3 is 9.80 Å². The van der Waals surface area contributed by atoms with E-state index in [1.54, 1.807) is 17.0 Å². The summed E-state index contributed by atoms with van der Waals surface area (Å²) in [5.74, 6) is -0.685. The van der Waals surface area contributed by atoms with Gasteiger partial charge in [-0.2, -0.15) is 0 Å². The fourth-order valence-corrected chi connectivity index (χ4v) is 2.23. The average molecular weight is 266 g/mol. The molecular weight excluding hydrogens is 243 g/mol. The van der Waals surface area contributed by atoms with Gasteiger partial charge in [0, 0.05) is 19.1 Å². The van der Waals surface area contributed by atoms with Gasteiger partial charge in [-0.1, -0.05) is 6.07 Å². The number of hydrogen-bond acceptors (Lipinski definition) is 2. The zero-order valence-corrected chi connectivity index (χ0v) is 12.4. The topological polar surface area (TPSA) is 23.6 Å². The molecule has 1 aromatic rings. The Hall–Kier alpha value is -1.42. The third-order valence-corrected chi connectivity index (χ3v) is 3.12. The molecule has 0 spiro atoms. The van der Waals surface area contributed by atoms with Crippen LogP contribution in [0.25, 0.3) is 0 Å². The Morgan fingerprint density at radius 3 is 2.47 bits per heavy atom. The van der Waals surface area contributed by atoms with Crippen LogP contribution in [0.2, 0.25) is 0 Å². The fraction of sp³-hybridized carbons (Fsp3) is 0.533. The summed E-state index contributed by atoms with van der Waals surface area (Å²) >= 11 is 0. The van der Waals surface area contributed by atoms with Gasteiger partial charge in [-0.05, 0) is 52.6 Å². The lowest BCUT2D eigenvalue weighted by Crippen LogP contribution is -2.44. The highest BCUT2D eigenvalue weighted by Gasteiger charge is 2.22. The monoisotopic (exact) mass is 266 g/mol. The minimum absolute atomic E-state index is 0.0493. The summed E-state index contributed by atoms with van der Waals surface area (Å²) in [5.41, 5.74) is 0.969. The number of halogens is 1. The van der Waals surface area contributed by atoms with Crippen LogP contribution >= 0.6 is 0 Å². The van der Waals surface area contributed by atoms with Crippen molar-refractivity contribution < 1.29 is 9.18 Å². The van der Waals surface area contributed by atoms with Crippen molar-refractivity contribution in [1.29, 1.82) is 0 Å². The van der Waals surface area contributed by atoms with E-state index in [4.69, 9.17) is 0 Å². The van der Waals surface area contributed by atoms with Crippen LogP contribution in [0.5, 0.6) is 0 Å². The van der Waals surface area contributed by atoms with Crippen LogP contribution in [-0.2, 0) is 0 Å². The van der Waals surface area contributed by atoms with Crippen molar-refractivity contribution in [3.05, 3.63) is 35.1 Å². The van der Waals surface area contributed by atoms with Crippen LogP contribution in [0.3, 0.4) is 0 Å². The lowest BCUT2D eigenvalue weighted by atomic mass is 10.1. The van der Waals surface area contributed by atoms with Crippen molar-refractivity contribution in [2.75, 3.05) is 27.2 Å². The quantitative estimate of drug-likeness (QED) is 0.817. The van der Waals surface area contributed by atoms with Gasteiger partial charge in [-0.25, -0.2) is 4.39 Å². The third-order valence-electron chi connectivity index (χ3n) is 3.12. The molecule has 1 unspecified atom stereocenters. The van der Waals surface area contributed by atoms with Crippen molar-refractivity contribution in [2.24, 2.45) is 0 Å². The molecule has 19 heavy (non-hydrogen) atoms. The maximum absolute atomic E-state index is 13.9. The second-order valence-electron chi connectivity index (χ2n) is 5.19. The number of likely N-dealkylation sites (N-methyl/N-ethyl adjacent to an activating group) is 2. The Balaban J connectivity index is 2.95. The van der Waals surface area contributed by atoms with Crippen LogP contribution in [0.4, 0.5) is 4.39 Å². The predicted molar refractivity (Wildman–Crippen MR) is 75.9 cm³/mol. The van der Waals surface area contributed by atoms with Crippen LogP contribution < -0.4 is 0 Å². The second-order valence-corrected chi connectivity index (χ2v) is 5.19. The molecule has 1 atom stereocenters. The Kier molecular flexibility index (Phi) is 5.48. The number of aryl methyl sites for hydroxylation is 1. The molecule has 0 saturated heterocycles. The molecule has 0 aliphatic rings. The minimum atomic E-state index is -0.444. The number of amides is 1. The zero-order valence-electron chi connectivity index (χ0n) is 12.4. The highest BCUT2D eigenvalue weighted by Crippen LogP contribution is 2.14. The number of carbonyl (C=O) groups is 1.